The highest BCUT2D eigenvalue weighted by Crippen LogP contribution is 2.47. The quantitative estimate of drug-likeness (QED) is 0.00927. The molecule has 0 radical (unpaired) electrons. The van der Waals surface area contributed by atoms with E-state index in [2.05, 4.69) is 72.4 Å². The van der Waals surface area contributed by atoms with Crippen molar-refractivity contribution in [3.8, 4) is 0 Å². The van der Waals surface area contributed by atoms with Gasteiger partial charge in [0.25, 0.3) is 0 Å². The molecule has 0 aromatic heterocycles. The van der Waals surface area contributed by atoms with Crippen molar-refractivity contribution in [2.45, 2.75) is 150 Å². The minimum atomic E-state index is -3.11. The summed E-state index contributed by atoms with van der Waals surface area (Å²) < 4.78 is 86.7. The Kier molecular flexibility index (Phi) is 37.4. The number of esters is 2. The van der Waals surface area contributed by atoms with Gasteiger partial charge in [0.05, 0.1) is 39.2 Å². The zero-order valence-corrected chi connectivity index (χ0v) is 57.8. The molecule has 0 heterocycles. The first-order valence-electron chi connectivity index (χ1n) is 29.7. The molecular weight excluding hydrogens is 1220 g/mol. The first kappa shape index (κ1) is 82.2. The van der Waals surface area contributed by atoms with Gasteiger partial charge in [0.1, 0.15) is 56.5 Å². The fraction of sp³-hybridized carbons (Fsp3) is 0.793. The van der Waals surface area contributed by atoms with Crippen molar-refractivity contribution in [1.29, 1.82) is 0 Å². The summed E-state index contributed by atoms with van der Waals surface area (Å²) in [4.78, 5) is 99.9. The molecule has 0 bridgehead atoms. The Bertz CT molecular complexity index is 2280. The lowest BCUT2D eigenvalue weighted by Gasteiger charge is -2.46. The zero-order valence-electron chi connectivity index (χ0n) is 55.8. The number of hydrogen-bond donors (Lipinski definition) is 5. The first-order valence-corrected chi connectivity index (χ1v) is 33.5. The van der Waals surface area contributed by atoms with Crippen LogP contribution in [0.1, 0.15) is 114 Å². The Labute approximate surface area is 532 Å². The van der Waals surface area contributed by atoms with Gasteiger partial charge in [0, 0.05) is 80.0 Å². The molecule has 0 aliphatic heterocycles. The molecule has 8 unspecified atom stereocenters. The Morgan fingerprint density at radius 2 is 0.922 bits per heavy atom. The second kappa shape index (κ2) is 40.9. The van der Waals surface area contributed by atoms with Gasteiger partial charge in [-0.3, -0.25) is 0 Å². The molecule has 0 aromatic rings. The van der Waals surface area contributed by atoms with Crippen LogP contribution in [0.5, 0.6) is 0 Å². The third-order valence-corrected chi connectivity index (χ3v) is 19.5. The average molecular weight is 1330 g/mol. The summed E-state index contributed by atoms with van der Waals surface area (Å²) in [6.07, 6.45) is 2.40. The van der Waals surface area contributed by atoms with Gasteiger partial charge >= 0.3 is 60.0 Å². The number of carbonyl (C=O) groups is 7. The molecular formula is C58H104N6O24Si2. The van der Waals surface area contributed by atoms with Crippen LogP contribution in [0.4, 0.5) is 24.0 Å². The second-order valence-electron chi connectivity index (χ2n) is 24.4. The van der Waals surface area contributed by atoms with Crippen molar-refractivity contribution >= 4 is 66.1 Å². The number of alkyl carbamates (subject to hydrolysis) is 5. The number of isocyanates is 1. The number of hydrogen-bond acceptors (Lipinski definition) is 25. The fourth-order valence-electron chi connectivity index (χ4n) is 10.9. The lowest BCUT2D eigenvalue weighted by atomic mass is 9.62. The molecule has 0 aromatic carbocycles. The molecule has 2 aliphatic rings. The summed E-state index contributed by atoms with van der Waals surface area (Å²) in [5.74, 6) is -1.23. The largest absolute Gasteiger partial charge is 0.523 e. The van der Waals surface area contributed by atoms with Crippen LogP contribution in [-0.4, -0.2) is 230 Å². The monoisotopic (exact) mass is 1320 g/mol. The summed E-state index contributed by atoms with van der Waals surface area (Å²) in [6, 6.07) is -0.493. The van der Waals surface area contributed by atoms with E-state index in [-0.39, 0.29) is 108 Å². The Hall–Kier alpha value is -5.78. The lowest BCUT2D eigenvalue weighted by molar-refractivity contribution is -0.159. The van der Waals surface area contributed by atoms with Gasteiger partial charge in [-0.15, -0.1) is 0 Å². The van der Waals surface area contributed by atoms with E-state index in [1.165, 1.54) is 48.7 Å². The lowest BCUT2D eigenvalue weighted by Crippen LogP contribution is -2.53. The molecule has 2 saturated carbocycles. The number of rotatable bonds is 39. The minimum absolute atomic E-state index is 0.0204. The van der Waals surface area contributed by atoms with E-state index in [0.717, 1.165) is 25.0 Å². The highest BCUT2D eigenvalue weighted by molar-refractivity contribution is 6.61. The highest BCUT2D eigenvalue weighted by Gasteiger charge is 2.45. The van der Waals surface area contributed by atoms with E-state index in [1.54, 1.807) is 20.8 Å². The molecule has 2 aliphatic carbocycles. The highest BCUT2D eigenvalue weighted by atomic mass is 28.4. The number of amides is 5. The van der Waals surface area contributed by atoms with Crippen molar-refractivity contribution < 1.29 is 112 Å². The van der Waals surface area contributed by atoms with Crippen LogP contribution in [0.3, 0.4) is 0 Å². The van der Waals surface area contributed by atoms with Gasteiger partial charge in [-0.25, -0.2) is 43.3 Å². The average Bonchev–Trinajstić information content (AvgIpc) is 0.866. The van der Waals surface area contributed by atoms with Gasteiger partial charge in [-0.2, -0.15) is 0 Å². The summed E-state index contributed by atoms with van der Waals surface area (Å²) in [6.45, 7) is 25.9. The van der Waals surface area contributed by atoms with Crippen LogP contribution in [0.2, 0.25) is 0 Å². The maximum atomic E-state index is 13.3. The van der Waals surface area contributed by atoms with E-state index in [0.29, 0.717) is 32.1 Å². The molecule has 8 atom stereocenters. The number of nitrogens with zero attached hydrogens (tertiary/aromatic N) is 1. The van der Waals surface area contributed by atoms with E-state index in [4.69, 9.17) is 73.9 Å². The normalized spacial score (nSPS) is 20.9. The number of carbonyl (C=O) groups excluding carboxylic acids is 8. The Morgan fingerprint density at radius 1 is 0.556 bits per heavy atom. The number of ether oxygens (including phenoxy) is 10. The van der Waals surface area contributed by atoms with Crippen molar-refractivity contribution in [1.82, 2.24) is 26.6 Å². The maximum Gasteiger partial charge on any atom is 0.523 e. The first-order chi connectivity index (χ1) is 42.2. The van der Waals surface area contributed by atoms with Crippen molar-refractivity contribution in [2.24, 2.45) is 26.7 Å². The molecule has 30 nitrogen and oxygen atoms in total. The van der Waals surface area contributed by atoms with Gasteiger partial charge < -0.3 is 101 Å². The Balaban J connectivity index is 0.00000333. The molecule has 2 fully saturated rings. The topological polar surface area (TPSA) is 357 Å². The number of nitrogens with one attached hydrogen (secondary N) is 5. The van der Waals surface area contributed by atoms with E-state index in [1.807, 2.05) is 20.8 Å². The predicted molar refractivity (Wildman–Crippen MR) is 329 cm³/mol. The fourth-order valence-corrected chi connectivity index (χ4v) is 13.4. The van der Waals surface area contributed by atoms with Crippen LogP contribution in [0.15, 0.2) is 30.3 Å². The van der Waals surface area contributed by atoms with Crippen molar-refractivity contribution in [2.75, 3.05) is 128 Å². The molecule has 0 saturated heterocycles. The molecule has 32 heteroatoms. The molecule has 0 spiro atoms. The van der Waals surface area contributed by atoms with Crippen molar-refractivity contribution in [3.05, 3.63) is 25.3 Å². The maximum absolute atomic E-state index is 13.3. The minimum Gasteiger partial charge on any atom is -0.459 e. The molecule has 518 valence electrons. The Morgan fingerprint density at radius 3 is 1.28 bits per heavy atom. The van der Waals surface area contributed by atoms with Gasteiger partial charge in [0.2, 0.25) is 6.08 Å². The predicted octanol–water partition coefficient (Wildman–Crippen LogP) is 5.77. The standard InChI is InChI=1S/C53H93N5O20Si.C5H11NO4Si/c1-16-42(59)71-19-21-73-47(64)57-40-23-49(7,8)30-51(11,25-40)32-54-44(61)76-37(4)27-69-34-53(18-3,35-70-28-38(5)77-46(63)56-36-79(66-13,67-14)68-15)75-29-39(6)78-45(62)55-33-52(12)26-41(24-50(9,10)31-52)58-48(65)74-22-20-72-43(60)17-2;1-8-11(9-2,10-3)5-6-4-7/h16-17,37-41H,1-2,18-36H2,3-15H3,(H,54,61)(H,55,62)(H,56,63)(H,57,64)(H,58,65);5H2,1-3H3. The van der Waals surface area contributed by atoms with E-state index in [9.17, 15) is 38.4 Å². The second-order valence-corrected chi connectivity index (χ2v) is 30.3. The van der Waals surface area contributed by atoms with Crippen LogP contribution < -0.4 is 26.6 Å². The van der Waals surface area contributed by atoms with E-state index >= 15 is 0 Å². The molecule has 5 N–H and O–H groups in total. The summed E-state index contributed by atoms with van der Waals surface area (Å²) in [7, 11) is 2.87. The zero-order chi connectivity index (χ0) is 68.2. The SMILES string of the molecule is C=CC(=O)OCCOC(=O)NC1CC(C)(C)CC(C)(CNC(=O)OC(C)COCC(CC)(COCC(C)OC(=O)NC[Si](OC)(OC)OC)OCC(C)OC(=O)NCC2(C)CC(NC(=O)OCCOC(=O)C=C)CC(C)(C)C2)C1.CO[Si](CN=C=O)(OC)OC. The van der Waals surface area contributed by atoms with Gasteiger partial charge in [-0.1, -0.05) is 61.6 Å². The number of aliphatic imine (C=N–C) groups is 1. The third kappa shape index (κ3) is 33.0. The summed E-state index contributed by atoms with van der Waals surface area (Å²) >= 11 is 0. The summed E-state index contributed by atoms with van der Waals surface area (Å²) in [5.41, 5.74) is -2.31. The van der Waals surface area contributed by atoms with Crippen molar-refractivity contribution in [3.63, 3.8) is 0 Å². The smallest absolute Gasteiger partial charge is 0.459 e. The van der Waals surface area contributed by atoms with Gasteiger partial charge in [-0.05, 0) is 87.4 Å². The van der Waals surface area contributed by atoms with Crippen LogP contribution in [0.25, 0.3) is 0 Å². The van der Waals surface area contributed by atoms with E-state index < -0.39 is 94.8 Å². The summed E-state index contributed by atoms with van der Waals surface area (Å²) in [5, 5.41) is 14.2. The van der Waals surface area contributed by atoms with Crippen LogP contribution in [-0.2, 0) is 88.3 Å². The molecule has 5 amide bonds. The van der Waals surface area contributed by atoms with Gasteiger partial charge in [0.15, 0.2) is 0 Å². The molecule has 2 rings (SSSR count). The van der Waals surface area contributed by atoms with Crippen LogP contribution >= 0.6 is 0 Å². The third-order valence-electron chi connectivity index (χ3n) is 14.6. The molecule has 90 heavy (non-hydrogen) atoms. The van der Waals surface area contributed by atoms with Crippen LogP contribution in [0, 0.1) is 21.7 Å².